The minimum atomic E-state index is 0.0937. The van der Waals surface area contributed by atoms with Gasteiger partial charge in [-0.3, -0.25) is 4.90 Å². The molecule has 0 spiro atoms. The summed E-state index contributed by atoms with van der Waals surface area (Å²) in [5, 5.41) is 0. The van der Waals surface area contributed by atoms with E-state index >= 15 is 0 Å². The third kappa shape index (κ3) is 1.40. The molecule has 2 heteroatoms. The topological polar surface area (TPSA) is 3.24 Å². The molecule has 1 unspecified atom stereocenters. The van der Waals surface area contributed by atoms with Gasteiger partial charge in [-0.2, -0.15) is 0 Å². The molecule has 0 amide bonds. The van der Waals surface area contributed by atoms with Crippen LogP contribution < -0.4 is 0 Å². The summed E-state index contributed by atoms with van der Waals surface area (Å²) in [6.07, 6.45) is 0. The van der Waals surface area contributed by atoms with Crippen molar-refractivity contribution in [2.24, 2.45) is 0 Å². The van der Waals surface area contributed by atoms with E-state index in [2.05, 4.69) is 43.0 Å². The molecular weight excluding hydrogens is 157 g/mol. The van der Waals surface area contributed by atoms with Gasteiger partial charge in [0, 0.05) is 12.6 Å². The van der Waals surface area contributed by atoms with Gasteiger partial charge in [-0.05, 0) is 30.9 Å². The Hall–Kier alpha value is -0.755. The van der Waals surface area contributed by atoms with Crippen LogP contribution in [0.2, 0.25) is 0 Å². The van der Waals surface area contributed by atoms with Gasteiger partial charge in [0.05, 0.1) is 7.85 Å². The SMILES string of the molecule is [B]C1c2ccccc2CN1C(C)C. The van der Waals surface area contributed by atoms with Crippen LogP contribution in [0.3, 0.4) is 0 Å². The van der Waals surface area contributed by atoms with Crippen LogP contribution in [0.4, 0.5) is 0 Å². The average Bonchev–Trinajstić information content (AvgIpc) is 2.45. The number of benzene rings is 1. The lowest BCUT2D eigenvalue weighted by Crippen LogP contribution is -2.29. The first kappa shape index (κ1) is 8.83. The van der Waals surface area contributed by atoms with E-state index in [1.807, 2.05) is 0 Å². The van der Waals surface area contributed by atoms with E-state index in [0.29, 0.717) is 6.04 Å². The molecule has 0 fully saturated rings. The van der Waals surface area contributed by atoms with Gasteiger partial charge in [0.2, 0.25) is 0 Å². The molecule has 1 aromatic carbocycles. The molecule has 1 atom stereocenters. The summed E-state index contributed by atoms with van der Waals surface area (Å²) in [6, 6.07) is 8.94. The minimum absolute atomic E-state index is 0.0937. The lowest BCUT2D eigenvalue weighted by Gasteiger charge is -2.26. The van der Waals surface area contributed by atoms with Crippen molar-refractivity contribution in [2.75, 3.05) is 0 Å². The van der Waals surface area contributed by atoms with E-state index in [-0.39, 0.29) is 5.94 Å². The fourth-order valence-corrected chi connectivity index (χ4v) is 1.94. The maximum Gasteiger partial charge on any atom is 0.0976 e. The zero-order valence-corrected chi connectivity index (χ0v) is 8.20. The molecule has 1 aliphatic rings. The van der Waals surface area contributed by atoms with Crippen LogP contribution in [-0.2, 0) is 6.54 Å². The van der Waals surface area contributed by atoms with E-state index in [0.717, 1.165) is 6.54 Å². The highest BCUT2D eigenvalue weighted by atomic mass is 15.2. The molecule has 0 N–H and O–H groups in total. The highest BCUT2D eigenvalue weighted by Gasteiger charge is 2.26. The van der Waals surface area contributed by atoms with Crippen LogP contribution in [0.5, 0.6) is 0 Å². The summed E-state index contributed by atoms with van der Waals surface area (Å²) in [4.78, 5) is 2.31. The van der Waals surface area contributed by atoms with Crippen molar-refractivity contribution >= 4 is 7.85 Å². The maximum absolute atomic E-state index is 6.12. The minimum Gasteiger partial charge on any atom is -0.298 e. The molecule has 0 aliphatic carbocycles. The van der Waals surface area contributed by atoms with Crippen LogP contribution in [-0.4, -0.2) is 18.8 Å². The van der Waals surface area contributed by atoms with Crippen LogP contribution >= 0.6 is 0 Å². The Balaban J connectivity index is 2.32. The monoisotopic (exact) mass is 171 g/mol. The van der Waals surface area contributed by atoms with E-state index in [1.165, 1.54) is 11.1 Å². The van der Waals surface area contributed by atoms with Crippen molar-refractivity contribution in [1.82, 2.24) is 4.90 Å². The molecule has 1 aromatic rings. The number of hydrogen-bond acceptors (Lipinski definition) is 1. The molecule has 2 radical (unpaired) electrons. The fraction of sp³-hybridized carbons (Fsp3) is 0.455. The second kappa shape index (κ2) is 3.19. The van der Waals surface area contributed by atoms with Crippen molar-refractivity contribution in [2.45, 2.75) is 32.4 Å². The first-order valence-electron chi connectivity index (χ1n) is 4.79. The summed E-state index contributed by atoms with van der Waals surface area (Å²) in [6.45, 7) is 5.37. The molecule has 13 heavy (non-hydrogen) atoms. The van der Waals surface area contributed by atoms with Gasteiger partial charge >= 0.3 is 0 Å². The maximum atomic E-state index is 6.12. The highest BCUT2D eigenvalue weighted by molar-refractivity contribution is 6.12. The smallest absolute Gasteiger partial charge is 0.0976 e. The lowest BCUT2D eigenvalue weighted by molar-refractivity contribution is 0.216. The average molecular weight is 171 g/mol. The second-order valence-corrected chi connectivity index (χ2v) is 3.91. The standard InChI is InChI=1S/C11H14BN/c1-8(2)13-7-9-5-3-4-6-10(9)11(13)12/h3-6,8,11H,7H2,1-2H3. The van der Waals surface area contributed by atoms with Gasteiger partial charge in [-0.15, -0.1) is 0 Å². The molecule has 2 rings (SSSR count). The number of hydrogen-bond donors (Lipinski definition) is 0. The normalized spacial score (nSPS) is 22.2. The van der Waals surface area contributed by atoms with Crippen LogP contribution in [0.15, 0.2) is 24.3 Å². The molecule has 1 aliphatic heterocycles. The highest BCUT2D eigenvalue weighted by Crippen LogP contribution is 2.32. The van der Waals surface area contributed by atoms with E-state index in [4.69, 9.17) is 7.85 Å². The van der Waals surface area contributed by atoms with Crippen LogP contribution in [0, 0.1) is 0 Å². The van der Waals surface area contributed by atoms with Crippen molar-refractivity contribution in [3.63, 3.8) is 0 Å². The Bertz CT molecular complexity index is 309. The molecule has 0 bridgehead atoms. The molecule has 1 nitrogen and oxygen atoms in total. The molecule has 1 heterocycles. The van der Waals surface area contributed by atoms with E-state index < -0.39 is 0 Å². The molecule has 0 saturated carbocycles. The summed E-state index contributed by atoms with van der Waals surface area (Å²) >= 11 is 0. The molecular formula is C11H14BN. The van der Waals surface area contributed by atoms with Crippen molar-refractivity contribution in [3.8, 4) is 0 Å². The van der Waals surface area contributed by atoms with E-state index in [9.17, 15) is 0 Å². The molecule has 0 saturated heterocycles. The Morgan fingerprint density at radius 2 is 2.08 bits per heavy atom. The largest absolute Gasteiger partial charge is 0.298 e. The Kier molecular flexibility index (Phi) is 2.16. The van der Waals surface area contributed by atoms with Gasteiger partial charge in [-0.25, -0.2) is 0 Å². The van der Waals surface area contributed by atoms with Crippen molar-refractivity contribution < 1.29 is 0 Å². The van der Waals surface area contributed by atoms with Gasteiger partial charge in [0.25, 0.3) is 0 Å². The predicted octanol–water partition coefficient (Wildman–Crippen LogP) is 2.08. The summed E-state index contributed by atoms with van der Waals surface area (Å²) < 4.78 is 0. The third-order valence-corrected chi connectivity index (χ3v) is 2.75. The third-order valence-electron chi connectivity index (χ3n) is 2.75. The number of fused-ring (bicyclic) bond motifs is 1. The van der Waals surface area contributed by atoms with Gasteiger partial charge in [0.15, 0.2) is 0 Å². The quantitative estimate of drug-likeness (QED) is 0.584. The first-order valence-corrected chi connectivity index (χ1v) is 4.79. The summed E-state index contributed by atoms with van der Waals surface area (Å²) in [5.41, 5.74) is 2.67. The van der Waals surface area contributed by atoms with Gasteiger partial charge < -0.3 is 0 Å². The predicted molar refractivity (Wildman–Crippen MR) is 55.6 cm³/mol. The van der Waals surface area contributed by atoms with Gasteiger partial charge in [-0.1, -0.05) is 24.3 Å². The van der Waals surface area contributed by atoms with Crippen molar-refractivity contribution in [3.05, 3.63) is 35.4 Å². The zero-order valence-electron chi connectivity index (χ0n) is 8.20. The van der Waals surface area contributed by atoms with E-state index in [1.54, 1.807) is 0 Å². The van der Waals surface area contributed by atoms with Crippen LogP contribution in [0.25, 0.3) is 0 Å². The Morgan fingerprint density at radius 1 is 1.38 bits per heavy atom. The fourth-order valence-electron chi connectivity index (χ4n) is 1.94. The lowest BCUT2D eigenvalue weighted by atomic mass is 9.88. The number of nitrogens with zero attached hydrogens (tertiary/aromatic N) is 1. The molecule has 66 valence electrons. The van der Waals surface area contributed by atoms with Crippen LogP contribution in [0.1, 0.15) is 30.9 Å². The Morgan fingerprint density at radius 3 is 2.69 bits per heavy atom. The molecule has 0 aromatic heterocycles. The Labute approximate surface area is 81.2 Å². The van der Waals surface area contributed by atoms with Crippen molar-refractivity contribution in [1.29, 1.82) is 0 Å². The number of rotatable bonds is 1. The second-order valence-electron chi connectivity index (χ2n) is 3.91. The van der Waals surface area contributed by atoms with Gasteiger partial charge in [0.1, 0.15) is 0 Å². The summed E-state index contributed by atoms with van der Waals surface area (Å²) in [5.74, 6) is 0.0937. The summed E-state index contributed by atoms with van der Waals surface area (Å²) in [7, 11) is 6.12. The zero-order chi connectivity index (χ0) is 9.42. The first-order chi connectivity index (χ1) is 6.20.